The second kappa shape index (κ2) is 15.5. The summed E-state index contributed by atoms with van der Waals surface area (Å²) in [6.07, 6.45) is 2.01. The maximum Gasteiger partial charge on any atom is 0.254 e. The van der Waals surface area contributed by atoms with Gasteiger partial charge in [0, 0.05) is 63.0 Å². The number of amides is 2. The standard InChI is InChI=1S/C35H46N4O3/c1-28(2)37-20-11-21-39(34(40)19-18-29-12-6-5-7-13-29)33-17-9-8-14-31(33)27-38(23-22-37)35(41)30-15-10-16-32(26-30)42-25-24-36(3)4/h5-10,12-17,26,28H,11,18-25,27H2,1-4H3. The van der Waals surface area contributed by atoms with Gasteiger partial charge in [-0.1, -0.05) is 54.6 Å². The quantitative estimate of drug-likeness (QED) is 0.347. The van der Waals surface area contributed by atoms with E-state index in [0.717, 1.165) is 42.9 Å². The van der Waals surface area contributed by atoms with Gasteiger partial charge in [0.25, 0.3) is 5.91 Å². The van der Waals surface area contributed by atoms with E-state index in [1.165, 1.54) is 0 Å². The summed E-state index contributed by atoms with van der Waals surface area (Å²) >= 11 is 0. The minimum Gasteiger partial charge on any atom is -0.492 e. The van der Waals surface area contributed by atoms with E-state index in [2.05, 4.69) is 35.8 Å². The lowest BCUT2D eigenvalue weighted by molar-refractivity contribution is -0.118. The van der Waals surface area contributed by atoms with Crippen LogP contribution in [-0.4, -0.2) is 86.0 Å². The summed E-state index contributed by atoms with van der Waals surface area (Å²) in [6.45, 7) is 9.04. The Bertz CT molecular complexity index is 1290. The van der Waals surface area contributed by atoms with Crippen LogP contribution in [0.2, 0.25) is 0 Å². The second-order valence-electron chi connectivity index (χ2n) is 11.5. The van der Waals surface area contributed by atoms with E-state index < -0.39 is 0 Å². The second-order valence-corrected chi connectivity index (χ2v) is 11.5. The van der Waals surface area contributed by atoms with E-state index >= 15 is 0 Å². The molecule has 0 N–H and O–H groups in total. The third-order valence-electron chi connectivity index (χ3n) is 7.80. The Labute approximate surface area is 251 Å². The van der Waals surface area contributed by atoms with Crippen molar-refractivity contribution in [2.75, 3.05) is 58.3 Å². The van der Waals surface area contributed by atoms with Gasteiger partial charge in [0.15, 0.2) is 0 Å². The molecule has 1 heterocycles. The van der Waals surface area contributed by atoms with Crippen molar-refractivity contribution in [2.45, 2.75) is 45.7 Å². The van der Waals surface area contributed by atoms with Crippen molar-refractivity contribution in [1.82, 2.24) is 14.7 Å². The number of carbonyl (C=O) groups excluding carboxylic acids is 2. The third-order valence-corrected chi connectivity index (χ3v) is 7.80. The molecule has 0 aliphatic carbocycles. The van der Waals surface area contributed by atoms with E-state index in [0.29, 0.717) is 56.4 Å². The van der Waals surface area contributed by atoms with Crippen LogP contribution in [-0.2, 0) is 17.8 Å². The number of likely N-dealkylation sites (N-methyl/N-ethyl adjacent to an activating group) is 1. The predicted molar refractivity (Wildman–Crippen MR) is 170 cm³/mol. The number of hydrogen-bond acceptors (Lipinski definition) is 5. The third kappa shape index (κ3) is 8.91. The van der Waals surface area contributed by atoms with Crippen molar-refractivity contribution < 1.29 is 14.3 Å². The summed E-state index contributed by atoms with van der Waals surface area (Å²) in [5, 5.41) is 0. The molecule has 7 heteroatoms. The van der Waals surface area contributed by atoms with Gasteiger partial charge in [-0.25, -0.2) is 0 Å². The molecule has 2 amide bonds. The Balaban J connectivity index is 1.60. The van der Waals surface area contributed by atoms with Crippen LogP contribution in [0.4, 0.5) is 5.69 Å². The highest BCUT2D eigenvalue weighted by molar-refractivity contribution is 5.96. The van der Waals surface area contributed by atoms with Crippen molar-refractivity contribution in [1.29, 1.82) is 0 Å². The summed E-state index contributed by atoms with van der Waals surface area (Å²) in [6, 6.07) is 26.0. The van der Waals surface area contributed by atoms with Crippen molar-refractivity contribution in [3.05, 3.63) is 95.6 Å². The molecule has 0 spiro atoms. The fourth-order valence-electron chi connectivity index (χ4n) is 5.33. The van der Waals surface area contributed by atoms with Gasteiger partial charge < -0.3 is 19.4 Å². The summed E-state index contributed by atoms with van der Waals surface area (Å²) in [5.41, 5.74) is 3.65. The Morgan fingerprint density at radius 1 is 0.881 bits per heavy atom. The average molecular weight is 571 g/mol. The molecule has 1 aliphatic rings. The lowest BCUT2D eigenvalue weighted by Gasteiger charge is -2.30. The molecule has 1 aliphatic heterocycles. The van der Waals surface area contributed by atoms with Crippen LogP contribution in [0.25, 0.3) is 0 Å². The summed E-state index contributed by atoms with van der Waals surface area (Å²) < 4.78 is 5.93. The van der Waals surface area contributed by atoms with Gasteiger partial charge in [0.05, 0.1) is 0 Å². The molecule has 0 fully saturated rings. The van der Waals surface area contributed by atoms with Crippen LogP contribution >= 0.6 is 0 Å². The number of benzene rings is 3. The minimum absolute atomic E-state index is 0.0345. The molecule has 0 atom stereocenters. The maximum atomic E-state index is 14.0. The molecule has 3 aromatic carbocycles. The molecule has 0 radical (unpaired) electrons. The summed E-state index contributed by atoms with van der Waals surface area (Å²) in [5.74, 6) is 0.773. The van der Waals surface area contributed by atoms with Crippen LogP contribution in [0.1, 0.15) is 48.2 Å². The van der Waals surface area contributed by atoms with Crippen LogP contribution in [0.3, 0.4) is 0 Å². The number of hydrogen-bond donors (Lipinski definition) is 0. The van der Waals surface area contributed by atoms with Gasteiger partial charge in [0.2, 0.25) is 5.91 Å². The molecule has 0 saturated heterocycles. The first-order valence-electron chi connectivity index (χ1n) is 15.1. The average Bonchev–Trinajstić information content (AvgIpc) is 3.02. The van der Waals surface area contributed by atoms with Gasteiger partial charge in [-0.2, -0.15) is 0 Å². The molecule has 42 heavy (non-hydrogen) atoms. The van der Waals surface area contributed by atoms with Gasteiger partial charge in [-0.15, -0.1) is 0 Å². The fraction of sp³-hybridized carbons (Fsp3) is 0.429. The summed E-state index contributed by atoms with van der Waals surface area (Å²) in [4.78, 5) is 36.1. The number of para-hydroxylation sites is 1. The molecule has 0 aromatic heterocycles. The van der Waals surface area contributed by atoms with E-state index in [-0.39, 0.29) is 11.8 Å². The van der Waals surface area contributed by atoms with Gasteiger partial charge in [-0.3, -0.25) is 14.5 Å². The largest absolute Gasteiger partial charge is 0.492 e. The molecule has 4 rings (SSSR count). The minimum atomic E-state index is -0.0345. The normalized spacial score (nSPS) is 14.9. The molecule has 0 unspecified atom stereocenters. The van der Waals surface area contributed by atoms with Gasteiger partial charge >= 0.3 is 0 Å². The van der Waals surface area contributed by atoms with E-state index in [1.54, 1.807) is 0 Å². The first-order valence-corrected chi connectivity index (χ1v) is 15.1. The smallest absolute Gasteiger partial charge is 0.254 e. The first kappa shape index (κ1) is 31.3. The molecule has 3 aromatic rings. The van der Waals surface area contributed by atoms with Crippen LogP contribution in [0, 0.1) is 0 Å². The number of fused-ring (bicyclic) bond motifs is 1. The van der Waals surface area contributed by atoms with Crippen LogP contribution in [0.15, 0.2) is 78.9 Å². The predicted octanol–water partition coefficient (Wildman–Crippen LogP) is 5.35. The Morgan fingerprint density at radius 2 is 1.64 bits per heavy atom. The fourth-order valence-corrected chi connectivity index (χ4v) is 5.33. The Morgan fingerprint density at radius 3 is 2.40 bits per heavy atom. The number of carbonyl (C=O) groups is 2. The van der Waals surface area contributed by atoms with E-state index in [4.69, 9.17) is 4.74 Å². The van der Waals surface area contributed by atoms with Crippen molar-refractivity contribution in [2.24, 2.45) is 0 Å². The zero-order chi connectivity index (χ0) is 29.9. The molecular formula is C35H46N4O3. The SMILES string of the molecule is CC(C)N1CCCN(C(=O)CCc2ccccc2)c2ccccc2CN(C(=O)c2cccc(OCCN(C)C)c2)CC1. The molecule has 7 nitrogen and oxygen atoms in total. The van der Waals surface area contributed by atoms with Gasteiger partial charge in [-0.05, 0) is 76.2 Å². The number of aryl methyl sites for hydroxylation is 1. The number of rotatable bonds is 9. The van der Waals surface area contributed by atoms with E-state index in [1.807, 2.05) is 90.6 Å². The number of nitrogens with zero attached hydrogens (tertiary/aromatic N) is 4. The summed E-state index contributed by atoms with van der Waals surface area (Å²) in [7, 11) is 4.02. The molecule has 224 valence electrons. The first-order chi connectivity index (χ1) is 20.3. The van der Waals surface area contributed by atoms with Crippen molar-refractivity contribution in [3.63, 3.8) is 0 Å². The lowest BCUT2D eigenvalue weighted by atomic mass is 10.1. The Kier molecular flexibility index (Phi) is 11.6. The van der Waals surface area contributed by atoms with Crippen molar-refractivity contribution >= 4 is 17.5 Å². The zero-order valence-electron chi connectivity index (χ0n) is 25.7. The highest BCUT2D eigenvalue weighted by Gasteiger charge is 2.25. The highest BCUT2D eigenvalue weighted by atomic mass is 16.5. The van der Waals surface area contributed by atoms with Crippen LogP contribution in [0.5, 0.6) is 5.75 Å². The molecule has 0 saturated carbocycles. The lowest BCUT2D eigenvalue weighted by Crippen LogP contribution is -2.41. The maximum absolute atomic E-state index is 14.0. The topological polar surface area (TPSA) is 56.3 Å². The highest BCUT2D eigenvalue weighted by Crippen LogP contribution is 2.26. The van der Waals surface area contributed by atoms with Gasteiger partial charge in [0.1, 0.15) is 12.4 Å². The monoisotopic (exact) mass is 570 g/mol. The van der Waals surface area contributed by atoms with Crippen LogP contribution < -0.4 is 9.64 Å². The molecule has 0 bridgehead atoms. The van der Waals surface area contributed by atoms with E-state index in [9.17, 15) is 9.59 Å². The number of anilines is 1. The molecular weight excluding hydrogens is 524 g/mol. The zero-order valence-corrected chi connectivity index (χ0v) is 25.7. The Hall–Kier alpha value is -3.68. The van der Waals surface area contributed by atoms with Crippen molar-refractivity contribution in [3.8, 4) is 5.75 Å². The number of ether oxygens (including phenoxy) is 1.